The van der Waals surface area contributed by atoms with Crippen LogP contribution in [-0.4, -0.2) is 24.1 Å². The maximum Gasteiger partial charge on any atom is 0.0952 e. The van der Waals surface area contributed by atoms with Crippen LogP contribution in [0, 0.1) is 0 Å². The minimum absolute atomic E-state index is 0.704. The van der Waals surface area contributed by atoms with Crippen molar-refractivity contribution in [3.8, 4) is 0 Å². The molecule has 4 nitrogen and oxygen atoms in total. The monoisotopic (exact) mass is 202 g/mol. The van der Waals surface area contributed by atoms with Crippen LogP contribution < -0.4 is 11.2 Å². The first-order chi connectivity index (χ1) is 7.18. The SMILES string of the molecule is CN(C)Nc1ccc(N)c2ncccc12. The van der Waals surface area contributed by atoms with E-state index in [0.29, 0.717) is 5.69 Å². The highest BCUT2D eigenvalue weighted by Crippen LogP contribution is 2.26. The minimum atomic E-state index is 0.704. The summed E-state index contributed by atoms with van der Waals surface area (Å²) >= 11 is 0. The van der Waals surface area contributed by atoms with Crippen LogP contribution >= 0.6 is 0 Å². The van der Waals surface area contributed by atoms with Crippen LogP contribution in [0.25, 0.3) is 10.9 Å². The Bertz CT molecular complexity index is 479. The Balaban J connectivity index is 2.61. The van der Waals surface area contributed by atoms with Crippen LogP contribution in [0.15, 0.2) is 30.5 Å². The van der Waals surface area contributed by atoms with Gasteiger partial charge in [-0.15, -0.1) is 0 Å². The van der Waals surface area contributed by atoms with E-state index >= 15 is 0 Å². The Morgan fingerprint density at radius 1 is 1.27 bits per heavy atom. The van der Waals surface area contributed by atoms with Crippen molar-refractivity contribution in [3.63, 3.8) is 0 Å². The topological polar surface area (TPSA) is 54.2 Å². The van der Waals surface area contributed by atoms with E-state index in [1.54, 1.807) is 6.20 Å². The summed E-state index contributed by atoms with van der Waals surface area (Å²) in [5, 5.41) is 2.92. The van der Waals surface area contributed by atoms with Gasteiger partial charge in [0.2, 0.25) is 0 Å². The van der Waals surface area contributed by atoms with Crippen molar-refractivity contribution >= 4 is 22.3 Å². The van der Waals surface area contributed by atoms with E-state index in [1.165, 1.54) is 0 Å². The van der Waals surface area contributed by atoms with Crippen LogP contribution in [-0.2, 0) is 0 Å². The smallest absolute Gasteiger partial charge is 0.0952 e. The Morgan fingerprint density at radius 3 is 2.80 bits per heavy atom. The molecule has 2 rings (SSSR count). The van der Waals surface area contributed by atoms with Gasteiger partial charge >= 0.3 is 0 Å². The lowest BCUT2D eigenvalue weighted by Gasteiger charge is -2.15. The summed E-state index contributed by atoms with van der Waals surface area (Å²) < 4.78 is 0. The van der Waals surface area contributed by atoms with E-state index in [1.807, 2.05) is 43.4 Å². The molecular formula is C11H14N4. The summed E-state index contributed by atoms with van der Waals surface area (Å²) in [6.07, 6.45) is 1.75. The molecule has 78 valence electrons. The molecular weight excluding hydrogens is 188 g/mol. The lowest BCUT2D eigenvalue weighted by molar-refractivity contribution is 0.496. The molecule has 0 atom stereocenters. The highest BCUT2D eigenvalue weighted by Gasteiger charge is 2.04. The number of anilines is 2. The van der Waals surface area contributed by atoms with Gasteiger partial charge in [-0.25, -0.2) is 5.01 Å². The van der Waals surface area contributed by atoms with E-state index < -0.39 is 0 Å². The maximum atomic E-state index is 5.85. The number of nitrogens with two attached hydrogens (primary N) is 1. The summed E-state index contributed by atoms with van der Waals surface area (Å²) in [6.45, 7) is 0. The van der Waals surface area contributed by atoms with Crippen molar-refractivity contribution in [2.75, 3.05) is 25.3 Å². The van der Waals surface area contributed by atoms with Gasteiger partial charge in [-0.05, 0) is 24.3 Å². The number of nitrogens with one attached hydrogen (secondary N) is 1. The molecule has 1 heterocycles. The number of hydrogen-bond donors (Lipinski definition) is 2. The molecule has 1 aromatic carbocycles. The number of nitrogen functional groups attached to an aromatic ring is 1. The van der Waals surface area contributed by atoms with Gasteiger partial charge in [0.15, 0.2) is 0 Å². The van der Waals surface area contributed by atoms with E-state index in [4.69, 9.17) is 5.73 Å². The number of hydrogen-bond acceptors (Lipinski definition) is 4. The molecule has 0 spiro atoms. The fourth-order valence-corrected chi connectivity index (χ4v) is 1.53. The number of fused-ring (bicyclic) bond motifs is 1. The number of aromatic nitrogens is 1. The summed E-state index contributed by atoms with van der Waals surface area (Å²) in [6, 6.07) is 7.73. The van der Waals surface area contributed by atoms with Crippen molar-refractivity contribution in [1.29, 1.82) is 0 Å². The third kappa shape index (κ3) is 1.85. The Labute approximate surface area is 88.7 Å². The standard InChI is InChI=1S/C11H14N4/c1-15(2)14-10-6-5-9(12)11-8(10)4-3-7-13-11/h3-7,14H,12H2,1-2H3. The van der Waals surface area contributed by atoms with Crippen LogP contribution in [0.1, 0.15) is 0 Å². The highest BCUT2D eigenvalue weighted by molar-refractivity contribution is 5.98. The number of benzene rings is 1. The van der Waals surface area contributed by atoms with Crippen LogP contribution in [0.2, 0.25) is 0 Å². The van der Waals surface area contributed by atoms with Crippen LogP contribution in [0.4, 0.5) is 11.4 Å². The second-order valence-electron chi connectivity index (χ2n) is 3.61. The van der Waals surface area contributed by atoms with Gasteiger partial charge in [-0.1, -0.05) is 0 Å². The summed E-state index contributed by atoms with van der Waals surface area (Å²) in [4.78, 5) is 4.27. The molecule has 4 heteroatoms. The van der Waals surface area contributed by atoms with E-state index in [2.05, 4.69) is 10.4 Å². The predicted molar refractivity (Wildman–Crippen MR) is 63.5 cm³/mol. The average Bonchev–Trinajstić information content (AvgIpc) is 2.22. The third-order valence-electron chi connectivity index (χ3n) is 2.14. The van der Waals surface area contributed by atoms with Crippen molar-refractivity contribution in [1.82, 2.24) is 9.99 Å². The van der Waals surface area contributed by atoms with Gasteiger partial charge in [0.25, 0.3) is 0 Å². The zero-order valence-electron chi connectivity index (χ0n) is 8.86. The molecule has 0 amide bonds. The van der Waals surface area contributed by atoms with Crippen LogP contribution in [0.5, 0.6) is 0 Å². The summed E-state index contributed by atoms with van der Waals surface area (Å²) in [5.74, 6) is 0. The third-order valence-corrected chi connectivity index (χ3v) is 2.14. The number of pyridine rings is 1. The number of hydrazine groups is 1. The molecule has 0 bridgehead atoms. The van der Waals surface area contributed by atoms with Crippen molar-refractivity contribution in [2.45, 2.75) is 0 Å². The quantitative estimate of drug-likeness (QED) is 0.575. The molecule has 2 aromatic rings. The van der Waals surface area contributed by atoms with Crippen molar-refractivity contribution < 1.29 is 0 Å². The molecule has 0 radical (unpaired) electrons. The lowest BCUT2D eigenvalue weighted by atomic mass is 10.1. The largest absolute Gasteiger partial charge is 0.397 e. The van der Waals surface area contributed by atoms with Gasteiger partial charge in [0.05, 0.1) is 16.9 Å². The first-order valence-electron chi connectivity index (χ1n) is 4.75. The van der Waals surface area contributed by atoms with Gasteiger partial charge in [-0.2, -0.15) is 0 Å². The number of rotatable bonds is 2. The molecule has 0 aliphatic rings. The molecule has 15 heavy (non-hydrogen) atoms. The summed E-state index contributed by atoms with van der Waals surface area (Å²) in [5.41, 5.74) is 11.6. The second-order valence-corrected chi connectivity index (χ2v) is 3.61. The fourth-order valence-electron chi connectivity index (χ4n) is 1.53. The van der Waals surface area contributed by atoms with E-state index in [9.17, 15) is 0 Å². The maximum absolute atomic E-state index is 5.85. The zero-order chi connectivity index (χ0) is 10.8. The first kappa shape index (κ1) is 9.73. The lowest BCUT2D eigenvalue weighted by Crippen LogP contribution is -2.19. The molecule has 0 fully saturated rings. The normalized spacial score (nSPS) is 10.9. The van der Waals surface area contributed by atoms with Gasteiger partial charge < -0.3 is 11.2 Å². The summed E-state index contributed by atoms with van der Waals surface area (Å²) in [7, 11) is 3.89. The van der Waals surface area contributed by atoms with E-state index in [0.717, 1.165) is 16.6 Å². The molecule has 0 unspecified atom stereocenters. The average molecular weight is 202 g/mol. The van der Waals surface area contributed by atoms with Crippen LogP contribution in [0.3, 0.4) is 0 Å². The molecule has 0 aliphatic carbocycles. The fraction of sp³-hybridized carbons (Fsp3) is 0.182. The molecule has 0 saturated carbocycles. The predicted octanol–water partition coefficient (Wildman–Crippen LogP) is 1.71. The second kappa shape index (κ2) is 3.74. The Kier molecular flexibility index (Phi) is 2.43. The van der Waals surface area contributed by atoms with Crippen molar-refractivity contribution in [2.24, 2.45) is 0 Å². The molecule has 1 aromatic heterocycles. The zero-order valence-corrected chi connectivity index (χ0v) is 8.86. The molecule has 0 saturated heterocycles. The Morgan fingerprint density at radius 2 is 2.07 bits per heavy atom. The van der Waals surface area contributed by atoms with Crippen molar-refractivity contribution in [3.05, 3.63) is 30.5 Å². The van der Waals surface area contributed by atoms with Gasteiger partial charge in [0.1, 0.15) is 0 Å². The molecule has 0 aliphatic heterocycles. The highest BCUT2D eigenvalue weighted by atomic mass is 15.5. The first-order valence-corrected chi connectivity index (χ1v) is 4.75. The minimum Gasteiger partial charge on any atom is -0.397 e. The van der Waals surface area contributed by atoms with E-state index in [-0.39, 0.29) is 0 Å². The van der Waals surface area contributed by atoms with Gasteiger partial charge in [-0.3, -0.25) is 4.98 Å². The van der Waals surface area contributed by atoms with Gasteiger partial charge in [0, 0.05) is 25.7 Å². The number of nitrogens with zero attached hydrogens (tertiary/aromatic N) is 2. The Hall–Kier alpha value is -1.81. The molecule has 3 N–H and O–H groups in total.